The summed E-state index contributed by atoms with van der Waals surface area (Å²) in [4.78, 5) is 11.0. The zero-order chi connectivity index (χ0) is 12.3. The van der Waals surface area contributed by atoms with E-state index < -0.39 is 18.4 Å². The van der Waals surface area contributed by atoms with Gasteiger partial charge in [0, 0.05) is 7.05 Å². The van der Waals surface area contributed by atoms with Crippen molar-refractivity contribution in [2.24, 2.45) is 0 Å². The van der Waals surface area contributed by atoms with E-state index in [9.17, 15) is 9.18 Å². The molecule has 0 saturated carbocycles. The predicted octanol–water partition coefficient (Wildman–Crippen LogP) is 2.12. The van der Waals surface area contributed by atoms with Crippen LogP contribution in [0.5, 0.6) is 0 Å². The quantitative estimate of drug-likeness (QED) is 0.860. The van der Waals surface area contributed by atoms with E-state index in [0.717, 1.165) is 5.56 Å². The fraction of sp³-hybridized carbons (Fsp3) is 0.417. The van der Waals surface area contributed by atoms with E-state index in [1.165, 1.54) is 7.05 Å². The van der Waals surface area contributed by atoms with Gasteiger partial charge in [0.25, 0.3) is 0 Å². The van der Waals surface area contributed by atoms with Gasteiger partial charge < -0.3 is 14.8 Å². The summed E-state index contributed by atoms with van der Waals surface area (Å²) in [6.45, 7) is 0.0855. The van der Waals surface area contributed by atoms with Gasteiger partial charge in [0.2, 0.25) is 0 Å². The van der Waals surface area contributed by atoms with Crippen molar-refractivity contribution >= 4 is 6.09 Å². The number of fused-ring (bicyclic) bond motifs is 1. The molecule has 5 heteroatoms. The lowest BCUT2D eigenvalue weighted by Crippen LogP contribution is -2.26. The first-order valence-electron chi connectivity index (χ1n) is 5.41. The number of benzene rings is 1. The van der Waals surface area contributed by atoms with Crippen LogP contribution < -0.4 is 5.32 Å². The molecule has 0 spiro atoms. The zero-order valence-electron chi connectivity index (χ0n) is 9.48. The Morgan fingerprint density at radius 1 is 1.53 bits per heavy atom. The topological polar surface area (TPSA) is 47.6 Å². The number of carbonyl (C=O) groups is 1. The van der Waals surface area contributed by atoms with Crippen molar-refractivity contribution < 1.29 is 18.7 Å². The highest BCUT2D eigenvalue weighted by Crippen LogP contribution is 2.34. The molecule has 0 radical (unpaired) electrons. The van der Waals surface area contributed by atoms with Crippen molar-refractivity contribution in [3.63, 3.8) is 0 Å². The summed E-state index contributed by atoms with van der Waals surface area (Å²) in [5.41, 5.74) is 1.36. The lowest BCUT2D eigenvalue weighted by Gasteiger charge is -2.27. The highest BCUT2D eigenvalue weighted by molar-refractivity contribution is 5.66. The van der Waals surface area contributed by atoms with Crippen LogP contribution in [0.2, 0.25) is 0 Å². The SMILES string of the molecule is CNC(=O)OCC1OCC(F)c2ccccc21. The van der Waals surface area contributed by atoms with E-state index in [1.807, 2.05) is 6.07 Å². The Morgan fingerprint density at radius 3 is 2.94 bits per heavy atom. The Kier molecular flexibility index (Phi) is 3.58. The molecule has 2 atom stereocenters. The number of halogens is 1. The first-order chi connectivity index (χ1) is 8.22. The molecule has 0 fully saturated rings. The van der Waals surface area contributed by atoms with Crippen LogP contribution in [0, 0.1) is 0 Å². The maximum absolute atomic E-state index is 13.6. The maximum Gasteiger partial charge on any atom is 0.406 e. The summed E-state index contributed by atoms with van der Waals surface area (Å²) in [6.07, 6.45) is -2.02. The van der Waals surface area contributed by atoms with Gasteiger partial charge in [-0.1, -0.05) is 24.3 Å². The molecule has 0 aliphatic carbocycles. The Hall–Kier alpha value is -1.62. The number of carbonyl (C=O) groups excluding carboxylic acids is 1. The lowest BCUT2D eigenvalue weighted by atomic mass is 9.97. The molecule has 1 aliphatic rings. The molecule has 1 N–H and O–H groups in total. The average molecular weight is 239 g/mol. The third kappa shape index (κ3) is 2.55. The molecular weight excluding hydrogens is 225 g/mol. The van der Waals surface area contributed by atoms with E-state index in [4.69, 9.17) is 9.47 Å². The normalized spacial score (nSPS) is 22.7. The summed E-state index contributed by atoms with van der Waals surface area (Å²) in [5, 5.41) is 2.35. The second-order valence-corrected chi connectivity index (χ2v) is 3.77. The fourth-order valence-electron chi connectivity index (χ4n) is 1.83. The van der Waals surface area contributed by atoms with Gasteiger partial charge >= 0.3 is 6.09 Å². The number of ether oxygens (including phenoxy) is 2. The van der Waals surface area contributed by atoms with Gasteiger partial charge in [-0.3, -0.25) is 0 Å². The molecule has 1 aromatic carbocycles. The minimum absolute atomic E-state index is 0.00121. The third-order valence-electron chi connectivity index (χ3n) is 2.69. The van der Waals surface area contributed by atoms with Crippen LogP contribution in [0.25, 0.3) is 0 Å². The molecule has 1 aromatic rings. The molecule has 0 bridgehead atoms. The molecule has 1 amide bonds. The van der Waals surface area contributed by atoms with Gasteiger partial charge in [-0.25, -0.2) is 9.18 Å². The van der Waals surface area contributed by atoms with Gasteiger partial charge in [0.15, 0.2) is 0 Å². The number of alkyl carbamates (subject to hydrolysis) is 1. The molecule has 0 aromatic heterocycles. The number of rotatable bonds is 2. The fourth-order valence-corrected chi connectivity index (χ4v) is 1.83. The molecule has 4 nitrogen and oxygen atoms in total. The van der Waals surface area contributed by atoms with Crippen LogP contribution >= 0.6 is 0 Å². The van der Waals surface area contributed by atoms with Gasteiger partial charge in [-0.15, -0.1) is 0 Å². The molecule has 17 heavy (non-hydrogen) atoms. The van der Waals surface area contributed by atoms with Crippen LogP contribution in [0.3, 0.4) is 0 Å². The molecule has 0 saturated heterocycles. The van der Waals surface area contributed by atoms with Gasteiger partial charge in [0.1, 0.15) is 18.9 Å². The summed E-state index contributed by atoms with van der Waals surface area (Å²) < 4.78 is 23.8. The zero-order valence-corrected chi connectivity index (χ0v) is 9.48. The number of amides is 1. The van der Waals surface area contributed by atoms with Crippen LogP contribution in [-0.4, -0.2) is 26.4 Å². The van der Waals surface area contributed by atoms with E-state index in [0.29, 0.717) is 5.56 Å². The molecule has 1 aliphatic heterocycles. The lowest BCUT2D eigenvalue weighted by molar-refractivity contribution is -0.0328. The van der Waals surface area contributed by atoms with Crippen LogP contribution in [0.15, 0.2) is 24.3 Å². The van der Waals surface area contributed by atoms with Gasteiger partial charge in [-0.05, 0) is 11.1 Å². The third-order valence-corrected chi connectivity index (χ3v) is 2.69. The van der Waals surface area contributed by atoms with E-state index in [1.54, 1.807) is 18.2 Å². The van der Waals surface area contributed by atoms with Gasteiger partial charge in [-0.2, -0.15) is 0 Å². The van der Waals surface area contributed by atoms with Crippen molar-refractivity contribution in [1.29, 1.82) is 0 Å². The highest BCUT2D eigenvalue weighted by atomic mass is 19.1. The number of hydrogen-bond acceptors (Lipinski definition) is 3. The standard InChI is InChI=1S/C12H14FNO3/c1-14-12(15)17-7-11-9-5-3-2-4-8(9)10(13)6-16-11/h2-5,10-11H,6-7H2,1H3,(H,14,15). The molecule has 2 rings (SSSR count). The highest BCUT2D eigenvalue weighted by Gasteiger charge is 2.28. The molecular formula is C12H14FNO3. The monoisotopic (exact) mass is 239 g/mol. The smallest absolute Gasteiger partial charge is 0.406 e. The van der Waals surface area contributed by atoms with Gasteiger partial charge in [0.05, 0.1) is 6.61 Å². The number of alkyl halides is 1. The summed E-state index contributed by atoms with van der Waals surface area (Å²) in [7, 11) is 1.48. The number of nitrogens with one attached hydrogen (secondary N) is 1. The van der Waals surface area contributed by atoms with E-state index in [-0.39, 0.29) is 13.2 Å². The number of hydrogen-bond donors (Lipinski definition) is 1. The van der Waals surface area contributed by atoms with Crippen LogP contribution in [-0.2, 0) is 9.47 Å². The summed E-state index contributed by atoms with van der Waals surface area (Å²) in [5.74, 6) is 0. The van der Waals surface area contributed by atoms with E-state index >= 15 is 0 Å². The average Bonchev–Trinajstić information content (AvgIpc) is 2.38. The van der Waals surface area contributed by atoms with Crippen molar-refractivity contribution in [1.82, 2.24) is 5.32 Å². The first-order valence-corrected chi connectivity index (χ1v) is 5.41. The Labute approximate surface area is 98.7 Å². The second kappa shape index (κ2) is 5.14. The van der Waals surface area contributed by atoms with Crippen LogP contribution in [0.1, 0.15) is 23.4 Å². The summed E-state index contributed by atoms with van der Waals surface area (Å²) >= 11 is 0. The predicted molar refractivity (Wildman–Crippen MR) is 59.4 cm³/mol. The molecule has 1 heterocycles. The largest absolute Gasteiger partial charge is 0.446 e. The van der Waals surface area contributed by atoms with Crippen molar-refractivity contribution in [2.75, 3.05) is 20.3 Å². The van der Waals surface area contributed by atoms with Crippen molar-refractivity contribution in [3.8, 4) is 0 Å². The minimum atomic E-state index is -1.11. The minimum Gasteiger partial charge on any atom is -0.446 e. The molecule has 92 valence electrons. The molecule has 2 unspecified atom stereocenters. The Balaban J connectivity index is 2.10. The van der Waals surface area contributed by atoms with E-state index in [2.05, 4.69) is 5.32 Å². The van der Waals surface area contributed by atoms with Crippen molar-refractivity contribution in [2.45, 2.75) is 12.3 Å². The first kappa shape index (κ1) is 11.9. The maximum atomic E-state index is 13.6. The van der Waals surface area contributed by atoms with Crippen LogP contribution in [0.4, 0.5) is 9.18 Å². The Morgan fingerprint density at radius 2 is 2.24 bits per heavy atom. The summed E-state index contributed by atoms with van der Waals surface area (Å²) in [6, 6.07) is 7.12. The second-order valence-electron chi connectivity index (χ2n) is 3.77. The van der Waals surface area contributed by atoms with Crippen molar-refractivity contribution in [3.05, 3.63) is 35.4 Å². The Bertz CT molecular complexity index is 410.